The minimum Gasteiger partial charge on any atom is -0.463 e. The van der Waals surface area contributed by atoms with Crippen molar-refractivity contribution in [3.63, 3.8) is 0 Å². The smallest absolute Gasteiger partial charge is 0.330 e. The number of nitrogens with zero attached hydrogens (tertiary/aromatic N) is 2. The Morgan fingerprint density at radius 1 is 0.603 bits per heavy atom. The van der Waals surface area contributed by atoms with E-state index in [9.17, 15) is 28.8 Å². The summed E-state index contributed by atoms with van der Waals surface area (Å²) in [6.45, 7) is 7.51. The van der Waals surface area contributed by atoms with Gasteiger partial charge in [0.15, 0.2) is 0 Å². The fourth-order valence-electron chi connectivity index (χ4n) is 5.94. The van der Waals surface area contributed by atoms with Gasteiger partial charge in [0, 0.05) is 42.7 Å². The summed E-state index contributed by atoms with van der Waals surface area (Å²) in [6.07, 6.45) is 12.7. The molecule has 0 amide bonds. The Hall–Kier alpha value is -7.98. The number of unbranched alkanes of at least 4 members (excludes halogenated alkanes) is 2. The third-order valence-electron chi connectivity index (χ3n) is 9.50. The number of carbonyl (C=O) groups excluding carboxylic acids is 6. The molecule has 1 heterocycles. The molecule has 0 saturated carbocycles. The quantitative estimate of drug-likeness (QED) is 0.00997. The summed E-state index contributed by atoms with van der Waals surface area (Å²) in [5.41, 5.74) is 7.42. The van der Waals surface area contributed by atoms with E-state index >= 15 is 0 Å². The molecule has 0 bridgehead atoms. The molecule has 0 atom stereocenters. The maximum absolute atomic E-state index is 13.1. The van der Waals surface area contributed by atoms with Crippen LogP contribution in [0, 0.1) is 0 Å². The van der Waals surface area contributed by atoms with E-state index in [0.29, 0.717) is 49.2 Å². The summed E-state index contributed by atoms with van der Waals surface area (Å²) >= 11 is 1.42. The van der Waals surface area contributed by atoms with Gasteiger partial charge in [-0.2, -0.15) is 5.10 Å². The second kappa shape index (κ2) is 28.1. The van der Waals surface area contributed by atoms with Crippen LogP contribution in [0.4, 0.5) is 5.13 Å². The highest BCUT2D eigenvalue weighted by molar-refractivity contribution is 7.22. The normalized spacial score (nSPS) is 11.1. The van der Waals surface area contributed by atoms with Gasteiger partial charge in [0.1, 0.15) is 11.5 Å². The van der Waals surface area contributed by atoms with Crippen molar-refractivity contribution in [1.82, 2.24) is 4.98 Å². The lowest BCUT2D eigenvalue weighted by Gasteiger charge is -2.10. The van der Waals surface area contributed by atoms with Crippen molar-refractivity contribution in [3.05, 3.63) is 156 Å². The molecule has 0 aliphatic heterocycles. The van der Waals surface area contributed by atoms with Crippen LogP contribution in [0.2, 0.25) is 0 Å². The van der Waals surface area contributed by atoms with Gasteiger partial charge in [-0.3, -0.25) is 15.0 Å². The molecule has 0 aliphatic rings. The molecule has 68 heavy (non-hydrogen) atoms. The minimum absolute atomic E-state index is 0.0641. The Kier molecular flexibility index (Phi) is 21.1. The lowest BCUT2D eigenvalue weighted by molar-refractivity contribution is -0.140. The van der Waals surface area contributed by atoms with E-state index in [-0.39, 0.29) is 50.8 Å². The number of para-hydroxylation sites is 1. The number of aromatic nitrogens is 1. The number of hydrazone groups is 1. The highest BCUT2D eigenvalue weighted by atomic mass is 32.1. The number of aryl methyl sites for hydroxylation is 2. The van der Waals surface area contributed by atoms with Crippen LogP contribution in [0.25, 0.3) is 22.4 Å². The van der Waals surface area contributed by atoms with Gasteiger partial charge in [-0.1, -0.05) is 85.2 Å². The van der Waals surface area contributed by atoms with Crippen molar-refractivity contribution >= 4 is 80.9 Å². The van der Waals surface area contributed by atoms with Crippen LogP contribution in [0.1, 0.15) is 66.3 Å². The van der Waals surface area contributed by atoms with Crippen LogP contribution in [0.3, 0.4) is 0 Å². The Labute approximate surface area is 397 Å². The number of anilines is 1. The molecule has 5 rings (SSSR count). The van der Waals surface area contributed by atoms with E-state index in [4.69, 9.17) is 28.4 Å². The molecule has 4 aromatic carbocycles. The summed E-state index contributed by atoms with van der Waals surface area (Å²) < 4.78 is 32.6. The largest absolute Gasteiger partial charge is 0.463 e. The molecule has 352 valence electrons. The van der Waals surface area contributed by atoms with E-state index in [1.54, 1.807) is 24.3 Å². The predicted octanol–water partition coefficient (Wildman–Crippen LogP) is 8.95. The molecule has 5 aromatic rings. The van der Waals surface area contributed by atoms with Crippen molar-refractivity contribution in [2.24, 2.45) is 5.10 Å². The first-order chi connectivity index (χ1) is 33.1. The first kappa shape index (κ1) is 51.0. The SMILES string of the molecule is C=CC(=O)OCCCCOC(=O)/C=C/c1ccc(CCC(=O)Oc2ccc(OC(=O)CCc3ccc(/C=C/C(=O)OCCCCOC(=O)C=C)cc3)c(/C=N/Nc3nc4ccccc4s3)c2)cc1. The van der Waals surface area contributed by atoms with Crippen molar-refractivity contribution in [2.75, 3.05) is 31.9 Å². The van der Waals surface area contributed by atoms with Crippen molar-refractivity contribution < 1.29 is 57.2 Å². The maximum Gasteiger partial charge on any atom is 0.330 e. The number of fused-ring (bicyclic) bond motifs is 1. The van der Waals surface area contributed by atoms with Crippen molar-refractivity contribution in [3.8, 4) is 11.5 Å². The monoisotopic (exact) mass is 941 g/mol. The highest BCUT2D eigenvalue weighted by Crippen LogP contribution is 2.27. The second-order valence-electron chi connectivity index (χ2n) is 14.6. The number of esters is 6. The van der Waals surface area contributed by atoms with Gasteiger partial charge in [0.05, 0.1) is 42.9 Å². The molecule has 1 N–H and O–H groups in total. The number of carbonyl (C=O) groups is 6. The van der Waals surface area contributed by atoms with Gasteiger partial charge >= 0.3 is 35.8 Å². The highest BCUT2D eigenvalue weighted by Gasteiger charge is 2.14. The average molecular weight is 942 g/mol. The van der Waals surface area contributed by atoms with Crippen molar-refractivity contribution in [1.29, 1.82) is 0 Å². The number of hydrogen-bond acceptors (Lipinski definition) is 16. The van der Waals surface area contributed by atoms with Gasteiger partial charge in [-0.25, -0.2) is 24.2 Å². The zero-order valence-electron chi connectivity index (χ0n) is 37.3. The number of nitrogens with one attached hydrogen (secondary N) is 1. The fraction of sp³-hybridized carbons (Fsp3) is 0.231. The summed E-state index contributed by atoms with van der Waals surface area (Å²) in [6, 6.07) is 27.0. The zero-order chi connectivity index (χ0) is 48.4. The van der Waals surface area contributed by atoms with Crippen molar-refractivity contribution in [2.45, 2.75) is 51.4 Å². The molecule has 0 fully saturated rings. The maximum atomic E-state index is 13.1. The van der Waals surface area contributed by atoms with E-state index in [2.05, 4.69) is 28.7 Å². The topological polar surface area (TPSA) is 195 Å². The Morgan fingerprint density at radius 3 is 1.62 bits per heavy atom. The Morgan fingerprint density at radius 2 is 1.10 bits per heavy atom. The molecule has 0 radical (unpaired) electrons. The molecule has 1 aromatic heterocycles. The van der Waals surface area contributed by atoms with Crippen LogP contribution in [0.5, 0.6) is 11.5 Å². The third kappa shape index (κ3) is 18.9. The second-order valence-corrected chi connectivity index (χ2v) is 15.7. The van der Waals surface area contributed by atoms with Crippen LogP contribution in [-0.4, -0.2) is 73.4 Å². The average Bonchev–Trinajstić information content (AvgIpc) is 3.77. The molecule has 16 heteroatoms. The number of thiazole rings is 1. The summed E-state index contributed by atoms with van der Waals surface area (Å²) in [5, 5.41) is 4.89. The van der Waals surface area contributed by atoms with Gasteiger partial charge in [0.25, 0.3) is 0 Å². The van der Waals surface area contributed by atoms with Gasteiger partial charge < -0.3 is 28.4 Å². The number of ether oxygens (including phenoxy) is 6. The molecule has 0 saturated heterocycles. The molecule has 0 unspecified atom stereocenters. The van der Waals surface area contributed by atoms with Gasteiger partial charge in [-0.05, 0) is 103 Å². The van der Waals surface area contributed by atoms with Gasteiger partial charge in [0.2, 0.25) is 5.13 Å². The molecule has 15 nitrogen and oxygen atoms in total. The fourth-order valence-corrected chi connectivity index (χ4v) is 6.76. The zero-order valence-corrected chi connectivity index (χ0v) is 38.1. The van der Waals surface area contributed by atoms with Gasteiger partial charge in [-0.15, -0.1) is 0 Å². The summed E-state index contributed by atoms with van der Waals surface area (Å²) in [4.78, 5) is 76.9. The molecular weight excluding hydrogens is 891 g/mol. The standard InChI is InChI=1S/C52H51N3O12S/c1-3-46(56)62-31-7-9-33-64-48(58)27-21-37-13-17-39(18-14-37)23-29-50(60)66-42-25-26-44(41(35-42)36-53-55-52-54-43-11-5-6-12-45(43)68-52)67-51(61)30-24-40-19-15-38(16-20-40)22-28-49(59)65-34-10-8-32-63-47(57)4-2/h3-6,11-22,25-28,35-36H,1-2,7-10,23-24,29-34H2,(H,54,55)/b27-21+,28-22+,53-36+. The van der Waals surface area contributed by atoms with Crippen LogP contribution in [0.15, 0.2) is 134 Å². The van der Waals surface area contributed by atoms with E-state index in [0.717, 1.165) is 44.6 Å². The number of rotatable bonds is 27. The third-order valence-corrected chi connectivity index (χ3v) is 10.4. The first-order valence-electron chi connectivity index (χ1n) is 21.7. The predicted molar refractivity (Wildman–Crippen MR) is 259 cm³/mol. The lowest BCUT2D eigenvalue weighted by atomic mass is 10.1. The molecule has 0 spiro atoms. The lowest BCUT2D eigenvalue weighted by Crippen LogP contribution is -2.12. The van der Waals surface area contributed by atoms with Crippen LogP contribution < -0.4 is 14.9 Å². The summed E-state index contributed by atoms with van der Waals surface area (Å²) in [5.74, 6) is -2.50. The van der Waals surface area contributed by atoms with Crippen LogP contribution >= 0.6 is 11.3 Å². The number of benzene rings is 4. The Bertz CT molecular complexity index is 2580. The minimum atomic E-state index is -0.493. The molecule has 0 aliphatic carbocycles. The van der Waals surface area contributed by atoms with Crippen LogP contribution in [-0.2, 0) is 60.6 Å². The van der Waals surface area contributed by atoms with E-state index < -0.39 is 35.8 Å². The van der Waals surface area contributed by atoms with E-state index in [1.807, 2.05) is 72.8 Å². The number of hydrogen-bond donors (Lipinski definition) is 1. The van der Waals surface area contributed by atoms with E-state index in [1.165, 1.54) is 35.8 Å². The first-order valence-corrected chi connectivity index (χ1v) is 22.5. The Balaban J connectivity index is 1.10. The summed E-state index contributed by atoms with van der Waals surface area (Å²) in [7, 11) is 0. The molecular formula is C52H51N3O12S.